The first kappa shape index (κ1) is 21.4. The summed E-state index contributed by atoms with van der Waals surface area (Å²) in [7, 11) is 0. The molecule has 3 aromatic rings. The van der Waals surface area contributed by atoms with Crippen LogP contribution in [0.25, 0.3) is 5.69 Å². The van der Waals surface area contributed by atoms with Crippen LogP contribution in [0.1, 0.15) is 27.6 Å². The van der Waals surface area contributed by atoms with Gasteiger partial charge in [0.15, 0.2) is 0 Å². The van der Waals surface area contributed by atoms with Gasteiger partial charge in [-0.3, -0.25) is 14.2 Å². The van der Waals surface area contributed by atoms with E-state index >= 15 is 0 Å². The highest BCUT2D eigenvalue weighted by Gasteiger charge is 2.24. The summed E-state index contributed by atoms with van der Waals surface area (Å²) in [6.45, 7) is 1.72. The minimum Gasteiger partial charge on any atom is -0.462 e. The van der Waals surface area contributed by atoms with Gasteiger partial charge in [-0.15, -0.1) is 0 Å². The number of benzene rings is 2. The highest BCUT2D eigenvalue weighted by Crippen LogP contribution is 2.25. The summed E-state index contributed by atoms with van der Waals surface area (Å²) < 4.78 is 6.03. The van der Waals surface area contributed by atoms with Crippen LogP contribution in [0, 0.1) is 0 Å². The maximum absolute atomic E-state index is 13.2. The Morgan fingerprint density at radius 3 is 2.30 bits per heavy atom. The number of esters is 1. The van der Waals surface area contributed by atoms with Gasteiger partial charge in [-0.1, -0.05) is 47.5 Å². The van der Waals surface area contributed by atoms with E-state index in [-0.39, 0.29) is 34.3 Å². The molecule has 3 rings (SSSR count). The number of halogens is 2. The first-order chi connectivity index (χ1) is 14.3. The summed E-state index contributed by atoms with van der Waals surface area (Å²) in [6, 6.07) is 14.1. The van der Waals surface area contributed by atoms with Gasteiger partial charge in [-0.05, 0) is 37.3 Å². The molecule has 1 heterocycles. The van der Waals surface area contributed by atoms with Crippen LogP contribution in [0.15, 0.2) is 59.4 Å². The van der Waals surface area contributed by atoms with Crippen molar-refractivity contribution in [2.45, 2.75) is 6.92 Å². The number of carbonyl (C=O) groups is 2. The number of aromatic nitrogens is 1. The second-order valence-corrected chi connectivity index (χ2v) is 6.92. The summed E-state index contributed by atoms with van der Waals surface area (Å²) in [6.07, 6.45) is 0. The summed E-state index contributed by atoms with van der Waals surface area (Å²) in [5.41, 5.74) is 5.43. The number of anilines is 2. The Morgan fingerprint density at radius 1 is 1.03 bits per heavy atom. The number of nitrogens with two attached hydrogens (primary N) is 1. The number of nitrogen functional groups attached to an aromatic ring is 1. The molecule has 0 bridgehead atoms. The molecule has 0 radical (unpaired) electrons. The topological polar surface area (TPSA) is 103 Å². The molecule has 154 valence electrons. The molecule has 0 fully saturated rings. The van der Waals surface area contributed by atoms with Gasteiger partial charge in [0.1, 0.15) is 16.9 Å². The third-order valence-corrected chi connectivity index (χ3v) is 4.84. The van der Waals surface area contributed by atoms with E-state index in [1.165, 1.54) is 0 Å². The van der Waals surface area contributed by atoms with Gasteiger partial charge in [-0.25, -0.2) is 4.79 Å². The molecular weight excluding hydrogens is 429 g/mol. The first-order valence-corrected chi connectivity index (χ1v) is 9.64. The zero-order chi connectivity index (χ0) is 21.8. The zero-order valence-corrected chi connectivity index (χ0v) is 17.3. The van der Waals surface area contributed by atoms with Gasteiger partial charge >= 0.3 is 5.97 Å². The minimum absolute atomic E-state index is 0.0879. The molecule has 0 atom stereocenters. The normalized spacial score (nSPS) is 10.5. The van der Waals surface area contributed by atoms with E-state index in [9.17, 15) is 14.4 Å². The van der Waals surface area contributed by atoms with Crippen LogP contribution >= 0.6 is 23.2 Å². The molecular formula is C21H17Cl2N3O4. The largest absolute Gasteiger partial charge is 0.462 e. The maximum atomic E-state index is 13.2. The Labute approximate surface area is 182 Å². The molecule has 0 aliphatic rings. The van der Waals surface area contributed by atoms with Crippen molar-refractivity contribution >= 4 is 46.6 Å². The Balaban J connectivity index is 2.21. The predicted molar refractivity (Wildman–Crippen MR) is 117 cm³/mol. The molecule has 0 aliphatic carbocycles. The molecule has 0 unspecified atom stereocenters. The van der Waals surface area contributed by atoms with Crippen LogP contribution in [-0.2, 0) is 4.74 Å². The lowest BCUT2D eigenvalue weighted by molar-refractivity contribution is 0.0527. The average Bonchev–Trinajstić information content (AvgIpc) is 2.71. The van der Waals surface area contributed by atoms with Gasteiger partial charge in [0.2, 0.25) is 0 Å². The second-order valence-electron chi connectivity index (χ2n) is 6.10. The second kappa shape index (κ2) is 9.02. The number of pyridine rings is 1. The summed E-state index contributed by atoms with van der Waals surface area (Å²) in [5, 5.41) is 3.07. The highest BCUT2D eigenvalue weighted by atomic mass is 35.5. The number of nitrogens with zero attached hydrogens (tertiary/aromatic N) is 1. The lowest BCUT2D eigenvalue weighted by Gasteiger charge is -2.16. The first-order valence-electron chi connectivity index (χ1n) is 8.88. The van der Waals surface area contributed by atoms with Crippen molar-refractivity contribution in [3.8, 4) is 5.69 Å². The van der Waals surface area contributed by atoms with Crippen LogP contribution in [0.4, 0.5) is 11.5 Å². The van der Waals surface area contributed by atoms with Gasteiger partial charge in [0, 0.05) is 0 Å². The fourth-order valence-corrected chi connectivity index (χ4v) is 3.19. The average molecular weight is 446 g/mol. The standard InChI is InChI=1S/C21H17Cl2N3O4/c1-2-30-21(29)12-11-13(19(27)25-16-9-5-3-7-14(16)22)20(28)26(18(12)24)17-10-6-4-8-15(17)23/h3-11H,2,24H2,1H3,(H,25,27). The van der Waals surface area contributed by atoms with E-state index in [0.717, 1.165) is 10.6 Å². The zero-order valence-electron chi connectivity index (χ0n) is 15.8. The van der Waals surface area contributed by atoms with Crippen molar-refractivity contribution in [2.24, 2.45) is 0 Å². The Morgan fingerprint density at radius 2 is 1.67 bits per heavy atom. The monoisotopic (exact) mass is 445 g/mol. The molecule has 0 spiro atoms. The van der Waals surface area contributed by atoms with E-state index in [1.54, 1.807) is 55.5 Å². The molecule has 1 aromatic heterocycles. The molecule has 0 saturated carbocycles. The van der Waals surface area contributed by atoms with Crippen molar-refractivity contribution < 1.29 is 14.3 Å². The third kappa shape index (κ3) is 4.17. The Bertz CT molecular complexity index is 1190. The van der Waals surface area contributed by atoms with Crippen LogP contribution in [0.5, 0.6) is 0 Å². The molecule has 7 nitrogen and oxygen atoms in total. The van der Waals surface area contributed by atoms with E-state index < -0.39 is 17.4 Å². The SMILES string of the molecule is CCOC(=O)c1cc(C(=O)Nc2ccccc2Cl)c(=O)n(-c2ccccc2Cl)c1N. The minimum atomic E-state index is -0.775. The Kier molecular flexibility index (Phi) is 6.44. The van der Waals surface area contributed by atoms with Crippen LogP contribution in [0.2, 0.25) is 10.0 Å². The fourth-order valence-electron chi connectivity index (χ4n) is 2.79. The molecule has 3 N–H and O–H groups in total. The molecule has 2 aromatic carbocycles. The number of nitrogens with one attached hydrogen (secondary N) is 1. The fraction of sp³-hybridized carbons (Fsp3) is 0.0952. The lowest BCUT2D eigenvalue weighted by atomic mass is 10.1. The highest BCUT2D eigenvalue weighted by molar-refractivity contribution is 6.34. The maximum Gasteiger partial charge on any atom is 0.341 e. The molecule has 30 heavy (non-hydrogen) atoms. The molecule has 1 amide bonds. The summed E-state index contributed by atoms with van der Waals surface area (Å²) in [4.78, 5) is 38.5. The summed E-state index contributed by atoms with van der Waals surface area (Å²) >= 11 is 12.3. The van der Waals surface area contributed by atoms with Gasteiger partial charge in [0.25, 0.3) is 11.5 Å². The number of hydrogen-bond acceptors (Lipinski definition) is 5. The van der Waals surface area contributed by atoms with E-state index in [0.29, 0.717) is 10.7 Å². The van der Waals surface area contributed by atoms with Gasteiger partial charge in [0.05, 0.1) is 28.0 Å². The third-order valence-electron chi connectivity index (χ3n) is 4.19. The van der Waals surface area contributed by atoms with E-state index in [1.807, 2.05) is 0 Å². The number of amides is 1. The number of carbonyl (C=O) groups excluding carboxylic acids is 2. The lowest BCUT2D eigenvalue weighted by Crippen LogP contribution is -2.32. The number of rotatable bonds is 5. The number of ether oxygens (including phenoxy) is 1. The Hall–Kier alpha value is -3.29. The van der Waals surface area contributed by atoms with Crippen LogP contribution in [-0.4, -0.2) is 23.1 Å². The van der Waals surface area contributed by atoms with Crippen molar-refractivity contribution in [3.05, 3.63) is 86.1 Å². The number of hydrogen-bond donors (Lipinski definition) is 2. The van der Waals surface area contributed by atoms with E-state index in [4.69, 9.17) is 33.7 Å². The predicted octanol–water partition coefficient (Wildman–Crippen LogP) is 4.16. The smallest absolute Gasteiger partial charge is 0.341 e. The molecule has 0 saturated heterocycles. The summed E-state index contributed by atoms with van der Waals surface area (Å²) in [5.74, 6) is -1.73. The van der Waals surface area contributed by atoms with Crippen LogP contribution in [0.3, 0.4) is 0 Å². The van der Waals surface area contributed by atoms with Gasteiger partial charge < -0.3 is 15.8 Å². The van der Waals surface area contributed by atoms with E-state index in [2.05, 4.69) is 5.32 Å². The van der Waals surface area contributed by atoms with Crippen molar-refractivity contribution in [1.82, 2.24) is 4.57 Å². The quantitative estimate of drug-likeness (QED) is 0.573. The van der Waals surface area contributed by atoms with Crippen molar-refractivity contribution in [1.29, 1.82) is 0 Å². The van der Waals surface area contributed by atoms with Crippen LogP contribution < -0.4 is 16.6 Å². The number of para-hydroxylation sites is 2. The van der Waals surface area contributed by atoms with Gasteiger partial charge in [-0.2, -0.15) is 0 Å². The molecule has 0 aliphatic heterocycles. The van der Waals surface area contributed by atoms with Crippen molar-refractivity contribution in [3.63, 3.8) is 0 Å². The van der Waals surface area contributed by atoms with Crippen molar-refractivity contribution in [2.75, 3.05) is 17.7 Å². The molecule has 9 heteroatoms.